The summed E-state index contributed by atoms with van der Waals surface area (Å²) in [7, 11) is 0. The SMILES string of the molecule is O=c1ccc2cc(C(O)N3CCCC3)[nH]c2n1-c1ccc(F)cc1. The first-order valence-corrected chi connectivity index (χ1v) is 8.06. The summed E-state index contributed by atoms with van der Waals surface area (Å²) in [5.74, 6) is -0.351. The minimum absolute atomic E-state index is 0.210. The molecule has 3 aromatic rings. The number of H-pyrrole nitrogens is 1. The molecule has 1 saturated heterocycles. The van der Waals surface area contributed by atoms with Crippen molar-refractivity contribution in [3.8, 4) is 5.69 Å². The molecule has 0 amide bonds. The number of halogens is 1. The van der Waals surface area contributed by atoms with Crippen LogP contribution in [0.1, 0.15) is 24.8 Å². The van der Waals surface area contributed by atoms with Crippen molar-refractivity contribution in [2.75, 3.05) is 13.1 Å². The quantitative estimate of drug-likeness (QED) is 0.777. The van der Waals surface area contributed by atoms with Crippen LogP contribution in [0.25, 0.3) is 16.7 Å². The van der Waals surface area contributed by atoms with Crippen molar-refractivity contribution in [2.24, 2.45) is 0 Å². The number of nitrogens with one attached hydrogen (secondary N) is 1. The van der Waals surface area contributed by atoms with Gasteiger partial charge in [-0.25, -0.2) is 4.39 Å². The summed E-state index contributed by atoms with van der Waals surface area (Å²) in [4.78, 5) is 17.5. The monoisotopic (exact) mass is 327 g/mol. The Morgan fingerprint density at radius 1 is 1.08 bits per heavy atom. The molecule has 2 aromatic heterocycles. The van der Waals surface area contributed by atoms with Crippen molar-refractivity contribution < 1.29 is 9.50 Å². The summed E-state index contributed by atoms with van der Waals surface area (Å²) in [6.45, 7) is 1.72. The highest BCUT2D eigenvalue weighted by molar-refractivity contribution is 5.78. The predicted molar refractivity (Wildman–Crippen MR) is 89.6 cm³/mol. The lowest BCUT2D eigenvalue weighted by molar-refractivity contribution is 0.0161. The molecule has 1 aliphatic heterocycles. The number of hydrogen-bond donors (Lipinski definition) is 2. The summed E-state index contributed by atoms with van der Waals surface area (Å²) in [5.41, 5.74) is 1.63. The second-order valence-corrected chi connectivity index (χ2v) is 6.13. The number of benzene rings is 1. The normalized spacial score (nSPS) is 16.8. The molecule has 5 nitrogen and oxygen atoms in total. The van der Waals surface area contributed by atoms with E-state index in [1.807, 2.05) is 11.0 Å². The maximum Gasteiger partial charge on any atom is 0.256 e. The van der Waals surface area contributed by atoms with Crippen LogP contribution in [0.4, 0.5) is 4.39 Å². The third kappa shape index (κ3) is 2.53. The van der Waals surface area contributed by atoms with Crippen LogP contribution in [0.2, 0.25) is 0 Å². The van der Waals surface area contributed by atoms with Crippen LogP contribution in [0.15, 0.2) is 47.3 Å². The zero-order chi connectivity index (χ0) is 16.7. The number of hydrogen-bond acceptors (Lipinski definition) is 3. The Morgan fingerprint density at radius 3 is 2.50 bits per heavy atom. The minimum atomic E-state index is -0.711. The number of aromatic nitrogens is 2. The molecule has 0 saturated carbocycles. The van der Waals surface area contributed by atoms with Gasteiger partial charge < -0.3 is 10.1 Å². The van der Waals surface area contributed by atoms with Crippen LogP contribution in [0, 0.1) is 5.82 Å². The molecule has 0 radical (unpaired) electrons. The number of pyridine rings is 1. The highest BCUT2D eigenvalue weighted by Crippen LogP contribution is 2.25. The fourth-order valence-electron chi connectivity index (χ4n) is 3.31. The average molecular weight is 327 g/mol. The number of fused-ring (bicyclic) bond motifs is 1. The lowest BCUT2D eigenvalue weighted by Crippen LogP contribution is -2.25. The molecular weight excluding hydrogens is 309 g/mol. The van der Waals surface area contributed by atoms with Crippen LogP contribution >= 0.6 is 0 Å². The van der Waals surface area contributed by atoms with Crippen molar-refractivity contribution in [1.82, 2.24) is 14.5 Å². The average Bonchev–Trinajstić information content (AvgIpc) is 3.25. The van der Waals surface area contributed by atoms with Crippen molar-refractivity contribution in [3.63, 3.8) is 0 Å². The van der Waals surface area contributed by atoms with Gasteiger partial charge in [-0.3, -0.25) is 14.3 Å². The third-order valence-electron chi connectivity index (χ3n) is 4.55. The van der Waals surface area contributed by atoms with Gasteiger partial charge in [0.05, 0.1) is 11.4 Å². The fraction of sp³-hybridized carbons (Fsp3) is 0.278. The Bertz CT molecular complexity index is 924. The number of aromatic amines is 1. The molecule has 1 fully saturated rings. The van der Waals surface area contributed by atoms with Gasteiger partial charge in [0.15, 0.2) is 0 Å². The summed E-state index contributed by atoms with van der Waals surface area (Å²) in [6.07, 6.45) is 1.45. The topological polar surface area (TPSA) is 61.3 Å². The molecule has 1 aliphatic rings. The van der Waals surface area contributed by atoms with E-state index in [0.29, 0.717) is 17.0 Å². The van der Waals surface area contributed by atoms with Crippen molar-refractivity contribution >= 4 is 11.0 Å². The molecule has 1 aromatic carbocycles. The Morgan fingerprint density at radius 2 is 1.79 bits per heavy atom. The van der Waals surface area contributed by atoms with E-state index < -0.39 is 6.23 Å². The summed E-state index contributed by atoms with van der Waals surface area (Å²) >= 11 is 0. The zero-order valence-corrected chi connectivity index (χ0v) is 13.1. The molecule has 4 rings (SSSR count). The summed E-state index contributed by atoms with van der Waals surface area (Å²) in [6, 6.07) is 10.8. The smallest absolute Gasteiger partial charge is 0.256 e. The Labute approximate surface area is 138 Å². The number of aliphatic hydroxyl groups is 1. The van der Waals surface area contributed by atoms with Crippen LogP contribution < -0.4 is 5.56 Å². The number of aliphatic hydroxyl groups excluding tert-OH is 1. The summed E-state index contributed by atoms with van der Waals surface area (Å²) < 4.78 is 14.7. The van der Waals surface area contributed by atoms with E-state index in [4.69, 9.17) is 0 Å². The first kappa shape index (κ1) is 15.1. The molecule has 1 unspecified atom stereocenters. The zero-order valence-electron chi connectivity index (χ0n) is 13.1. The number of likely N-dealkylation sites (tertiary alicyclic amines) is 1. The van der Waals surface area contributed by atoms with Crippen LogP contribution in [0.5, 0.6) is 0 Å². The van der Waals surface area contributed by atoms with Gasteiger partial charge in [0.25, 0.3) is 5.56 Å². The standard InChI is InChI=1S/C18H18FN3O2/c19-13-4-6-14(7-5-13)22-16(23)8-3-12-11-15(20-17(12)22)18(24)21-9-1-2-10-21/h3-8,11,18,20,24H,1-2,9-10H2. The molecule has 0 bridgehead atoms. The van der Waals surface area contributed by atoms with Gasteiger partial charge in [-0.1, -0.05) is 0 Å². The van der Waals surface area contributed by atoms with Crippen molar-refractivity contribution in [2.45, 2.75) is 19.1 Å². The van der Waals surface area contributed by atoms with Gasteiger partial charge in [0.2, 0.25) is 0 Å². The fourth-order valence-corrected chi connectivity index (χ4v) is 3.31. The van der Waals surface area contributed by atoms with Crippen LogP contribution in [-0.2, 0) is 0 Å². The Hall–Kier alpha value is -2.44. The van der Waals surface area contributed by atoms with Gasteiger partial charge in [0, 0.05) is 24.5 Å². The van der Waals surface area contributed by atoms with E-state index in [0.717, 1.165) is 31.3 Å². The Kier molecular flexibility index (Phi) is 3.70. The Balaban J connectivity index is 1.83. The number of nitrogens with zero attached hydrogens (tertiary/aromatic N) is 2. The molecule has 1 atom stereocenters. The van der Waals surface area contributed by atoms with Gasteiger partial charge in [0.1, 0.15) is 17.7 Å². The minimum Gasteiger partial charge on any atom is -0.373 e. The maximum atomic E-state index is 13.2. The largest absolute Gasteiger partial charge is 0.373 e. The third-order valence-corrected chi connectivity index (χ3v) is 4.55. The van der Waals surface area contributed by atoms with Gasteiger partial charge in [-0.2, -0.15) is 0 Å². The molecule has 2 N–H and O–H groups in total. The highest BCUT2D eigenvalue weighted by Gasteiger charge is 2.23. The first-order chi connectivity index (χ1) is 11.6. The molecule has 24 heavy (non-hydrogen) atoms. The lowest BCUT2D eigenvalue weighted by Gasteiger charge is -2.21. The molecule has 3 heterocycles. The van der Waals surface area contributed by atoms with E-state index in [-0.39, 0.29) is 11.4 Å². The molecular formula is C18H18FN3O2. The van der Waals surface area contributed by atoms with Gasteiger partial charge in [-0.15, -0.1) is 0 Å². The molecule has 6 heteroatoms. The van der Waals surface area contributed by atoms with E-state index in [9.17, 15) is 14.3 Å². The van der Waals surface area contributed by atoms with Gasteiger partial charge >= 0.3 is 0 Å². The van der Waals surface area contributed by atoms with Crippen molar-refractivity contribution in [3.05, 3.63) is 64.3 Å². The lowest BCUT2D eigenvalue weighted by atomic mass is 10.2. The highest BCUT2D eigenvalue weighted by atomic mass is 19.1. The molecule has 0 spiro atoms. The van der Waals surface area contributed by atoms with Gasteiger partial charge in [-0.05, 0) is 49.2 Å². The van der Waals surface area contributed by atoms with Crippen molar-refractivity contribution in [1.29, 1.82) is 0 Å². The number of rotatable bonds is 3. The van der Waals surface area contributed by atoms with E-state index in [1.165, 1.54) is 22.8 Å². The molecule has 124 valence electrons. The second-order valence-electron chi connectivity index (χ2n) is 6.13. The van der Waals surface area contributed by atoms with E-state index in [1.54, 1.807) is 18.2 Å². The second kappa shape index (κ2) is 5.89. The van der Waals surface area contributed by atoms with Crippen LogP contribution in [0.3, 0.4) is 0 Å². The van der Waals surface area contributed by atoms with E-state index in [2.05, 4.69) is 4.98 Å². The maximum absolute atomic E-state index is 13.2. The summed E-state index contributed by atoms with van der Waals surface area (Å²) in [5, 5.41) is 11.4. The first-order valence-electron chi connectivity index (χ1n) is 8.06. The predicted octanol–water partition coefficient (Wildman–Crippen LogP) is 2.54. The van der Waals surface area contributed by atoms with E-state index >= 15 is 0 Å². The van der Waals surface area contributed by atoms with Crippen LogP contribution in [-0.4, -0.2) is 32.6 Å². The molecule has 0 aliphatic carbocycles.